The van der Waals surface area contributed by atoms with E-state index in [0.717, 1.165) is 41.0 Å². The highest BCUT2D eigenvalue weighted by molar-refractivity contribution is 8.03. The standard InChI is InChI=1S/C32H33NS.C12H10O2/c1-24(2)22-25-12-5-3-6-15-27(26-13-7-4-8-14-26)17-11-18-29(23-25)34-32-30-19-10-9-16-28(30)20-21-31(32)33;1-3-9-5-11(7-13)12(8-14)6-10(9)4-2/h3-7,9-11,13,15-23,25H,8,12,14,33H2,1-2H3;3-8H,1-2H2/b5-3+,15-6-,18-11+,27-17+,29-23+;. The molecule has 0 fully saturated rings. The molecule has 4 heteroatoms. The summed E-state index contributed by atoms with van der Waals surface area (Å²) in [6, 6.07) is 15.8. The molecular formula is C44H43NO2S. The van der Waals surface area contributed by atoms with E-state index in [4.69, 9.17) is 5.73 Å². The molecule has 0 aromatic heterocycles. The van der Waals surface area contributed by atoms with Gasteiger partial charge in [-0.3, -0.25) is 9.59 Å². The lowest BCUT2D eigenvalue weighted by atomic mass is 9.96. The van der Waals surface area contributed by atoms with Gasteiger partial charge in [-0.1, -0.05) is 140 Å². The third-order valence-electron chi connectivity index (χ3n) is 7.89. The first-order valence-corrected chi connectivity index (χ1v) is 16.9. The lowest BCUT2D eigenvalue weighted by Gasteiger charge is -2.13. The fraction of sp³-hybridized carbons (Fsp3) is 0.136. The zero-order valence-electron chi connectivity index (χ0n) is 27.8. The maximum absolute atomic E-state index is 10.6. The molecule has 5 rings (SSSR count). The van der Waals surface area contributed by atoms with Gasteiger partial charge in [0.2, 0.25) is 0 Å². The summed E-state index contributed by atoms with van der Waals surface area (Å²) < 4.78 is 0. The van der Waals surface area contributed by atoms with Crippen LogP contribution in [0.5, 0.6) is 0 Å². The molecule has 0 aliphatic heterocycles. The van der Waals surface area contributed by atoms with Crippen LogP contribution in [0.1, 0.15) is 65.0 Å². The van der Waals surface area contributed by atoms with Crippen molar-refractivity contribution in [2.45, 2.75) is 38.0 Å². The van der Waals surface area contributed by atoms with Gasteiger partial charge in [0.05, 0.1) is 0 Å². The monoisotopic (exact) mass is 649 g/mol. The Morgan fingerprint density at radius 1 is 0.833 bits per heavy atom. The minimum atomic E-state index is 0.326. The van der Waals surface area contributed by atoms with Crippen molar-refractivity contribution in [3.8, 4) is 0 Å². The van der Waals surface area contributed by atoms with Gasteiger partial charge in [-0.25, -0.2) is 0 Å². The molecule has 1 unspecified atom stereocenters. The summed E-state index contributed by atoms with van der Waals surface area (Å²) in [5, 5.41) is 2.41. The molecule has 3 nitrogen and oxygen atoms in total. The Morgan fingerprint density at radius 3 is 2.21 bits per heavy atom. The summed E-state index contributed by atoms with van der Waals surface area (Å²) in [7, 11) is 0. The summed E-state index contributed by atoms with van der Waals surface area (Å²) in [6.07, 6.45) is 34.5. The normalized spacial score (nSPS) is 20.0. The smallest absolute Gasteiger partial charge is 0.150 e. The number of nitrogens with two attached hydrogens (primary N) is 1. The number of aldehydes is 2. The Hall–Kier alpha value is -5.19. The minimum Gasteiger partial charge on any atom is -0.398 e. The zero-order valence-corrected chi connectivity index (χ0v) is 28.6. The van der Waals surface area contributed by atoms with E-state index in [9.17, 15) is 9.59 Å². The topological polar surface area (TPSA) is 60.2 Å². The second-order valence-electron chi connectivity index (χ2n) is 11.7. The molecule has 242 valence electrons. The average molecular weight is 650 g/mol. The molecule has 2 aliphatic carbocycles. The van der Waals surface area contributed by atoms with Crippen LogP contribution >= 0.6 is 11.8 Å². The number of benzene rings is 3. The van der Waals surface area contributed by atoms with E-state index >= 15 is 0 Å². The lowest BCUT2D eigenvalue weighted by Crippen LogP contribution is -1.95. The van der Waals surface area contributed by atoms with E-state index in [0.29, 0.717) is 29.6 Å². The first kappa shape index (κ1) is 35.7. The third-order valence-corrected chi connectivity index (χ3v) is 9.06. The van der Waals surface area contributed by atoms with E-state index in [1.165, 1.54) is 32.4 Å². The van der Waals surface area contributed by atoms with Crippen molar-refractivity contribution >= 4 is 52.9 Å². The SMILES string of the molecule is C=Cc1cc(C=O)c(C=O)cc1C=C.CC(C)=CC1\C=C(Sc2c(N)ccc3ccccc23)/C=C/C=C(C2=CC=CCC2)\C=C/C=C/C1. The van der Waals surface area contributed by atoms with Gasteiger partial charge in [-0.2, -0.15) is 0 Å². The predicted octanol–water partition coefficient (Wildman–Crippen LogP) is 11.9. The summed E-state index contributed by atoms with van der Waals surface area (Å²) >= 11 is 1.76. The quantitative estimate of drug-likeness (QED) is 0.150. The molecule has 2 aliphatic rings. The van der Waals surface area contributed by atoms with Crippen LogP contribution in [0, 0.1) is 5.92 Å². The van der Waals surface area contributed by atoms with Gasteiger partial charge in [0.1, 0.15) is 0 Å². The fourth-order valence-corrected chi connectivity index (χ4v) is 6.60. The Kier molecular flexibility index (Phi) is 13.5. The molecule has 0 bridgehead atoms. The fourth-order valence-electron chi connectivity index (χ4n) is 5.50. The molecule has 0 amide bonds. The number of thioether (sulfide) groups is 1. The molecule has 3 aromatic rings. The maximum Gasteiger partial charge on any atom is 0.150 e. The average Bonchev–Trinajstić information content (AvgIpc) is 3.10. The third kappa shape index (κ3) is 9.90. The van der Waals surface area contributed by atoms with E-state index in [1.807, 2.05) is 6.07 Å². The van der Waals surface area contributed by atoms with Gasteiger partial charge < -0.3 is 5.73 Å². The van der Waals surface area contributed by atoms with E-state index in [-0.39, 0.29) is 0 Å². The number of allylic oxidation sites excluding steroid dienone is 15. The van der Waals surface area contributed by atoms with E-state index < -0.39 is 0 Å². The molecule has 0 saturated heterocycles. The molecular weight excluding hydrogens is 607 g/mol. The molecule has 3 aromatic carbocycles. The van der Waals surface area contributed by atoms with Crippen LogP contribution in [0.3, 0.4) is 0 Å². The van der Waals surface area contributed by atoms with Crippen molar-refractivity contribution in [3.05, 3.63) is 178 Å². The van der Waals surface area contributed by atoms with Gasteiger partial charge in [0.25, 0.3) is 0 Å². The summed E-state index contributed by atoms with van der Waals surface area (Å²) in [5.74, 6) is 0.326. The molecule has 48 heavy (non-hydrogen) atoms. The summed E-state index contributed by atoms with van der Waals surface area (Å²) in [5.41, 5.74) is 13.6. The van der Waals surface area contributed by atoms with Crippen molar-refractivity contribution in [2.24, 2.45) is 5.92 Å². The number of rotatable bonds is 8. The van der Waals surface area contributed by atoms with Gasteiger partial charge in [0.15, 0.2) is 12.6 Å². The number of hydrogen-bond acceptors (Lipinski definition) is 4. The van der Waals surface area contributed by atoms with Gasteiger partial charge in [-0.05, 0) is 96.3 Å². The Balaban J connectivity index is 0.000000312. The van der Waals surface area contributed by atoms with Crippen LogP contribution in [0.15, 0.2) is 161 Å². The molecule has 1 atom stereocenters. The van der Waals surface area contributed by atoms with Crippen LogP contribution in [0.2, 0.25) is 0 Å². The highest BCUT2D eigenvalue weighted by Gasteiger charge is 2.11. The van der Waals surface area contributed by atoms with Crippen LogP contribution in [0.25, 0.3) is 22.9 Å². The van der Waals surface area contributed by atoms with Crippen molar-refractivity contribution in [2.75, 3.05) is 5.73 Å². The minimum absolute atomic E-state index is 0.326. The Labute approximate surface area is 289 Å². The van der Waals surface area contributed by atoms with Crippen molar-refractivity contribution in [1.82, 2.24) is 0 Å². The zero-order chi connectivity index (χ0) is 34.3. The molecule has 0 radical (unpaired) electrons. The van der Waals surface area contributed by atoms with Crippen LogP contribution in [-0.4, -0.2) is 12.6 Å². The molecule has 0 saturated carbocycles. The Bertz CT molecular complexity index is 1850. The number of carbonyl (C=O) groups is 2. The highest BCUT2D eigenvalue weighted by Crippen LogP contribution is 2.39. The summed E-state index contributed by atoms with van der Waals surface area (Å²) in [4.78, 5) is 23.6. The first-order valence-electron chi connectivity index (χ1n) is 16.1. The van der Waals surface area contributed by atoms with E-state index in [2.05, 4.69) is 130 Å². The van der Waals surface area contributed by atoms with Crippen LogP contribution in [-0.2, 0) is 0 Å². The largest absolute Gasteiger partial charge is 0.398 e. The molecule has 0 spiro atoms. The number of carbonyl (C=O) groups excluding carboxylic acids is 2. The van der Waals surface area contributed by atoms with Gasteiger partial charge in [0, 0.05) is 26.6 Å². The Morgan fingerprint density at radius 2 is 1.56 bits per heavy atom. The van der Waals surface area contributed by atoms with Crippen molar-refractivity contribution < 1.29 is 9.59 Å². The second-order valence-corrected chi connectivity index (χ2v) is 12.8. The first-order chi connectivity index (χ1) is 23.4. The number of fused-ring (bicyclic) bond motifs is 1. The lowest BCUT2D eigenvalue weighted by molar-refractivity contribution is 0.109. The maximum atomic E-state index is 10.6. The number of anilines is 1. The van der Waals surface area contributed by atoms with Crippen molar-refractivity contribution in [1.29, 1.82) is 0 Å². The van der Waals surface area contributed by atoms with Crippen LogP contribution in [0.4, 0.5) is 5.69 Å². The second kappa shape index (κ2) is 18.2. The van der Waals surface area contributed by atoms with Crippen molar-refractivity contribution in [3.63, 3.8) is 0 Å². The highest BCUT2D eigenvalue weighted by atomic mass is 32.2. The molecule has 0 heterocycles. The van der Waals surface area contributed by atoms with E-state index in [1.54, 1.807) is 36.0 Å². The van der Waals surface area contributed by atoms with Gasteiger partial charge >= 0.3 is 0 Å². The van der Waals surface area contributed by atoms with Crippen LogP contribution < -0.4 is 5.73 Å². The molecule has 2 N–H and O–H groups in total. The number of hydrogen-bond donors (Lipinski definition) is 1. The number of nitrogen functional groups attached to an aromatic ring is 1. The van der Waals surface area contributed by atoms with Gasteiger partial charge in [-0.15, -0.1) is 0 Å². The summed E-state index contributed by atoms with van der Waals surface area (Å²) in [6.45, 7) is 11.6. The predicted molar refractivity (Wildman–Crippen MR) is 209 cm³/mol.